The van der Waals surface area contributed by atoms with Gasteiger partial charge in [0.2, 0.25) is 0 Å². The third kappa shape index (κ3) is 4.58. The highest BCUT2D eigenvalue weighted by Crippen LogP contribution is 2.36. The molecule has 0 bridgehead atoms. The Balaban J connectivity index is 1.75. The van der Waals surface area contributed by atoms with Crippen LogP contribution >= 0.6 is 0 Å². The molecule has 3 rings (SSSR count). The molecule has 7 nitrogen and oxygen atoms in total. The van der Waals surface area contributed by atoms with Gasteiger partial charge in [-0.1, -0.05) is 6.07 Å². The SMILES string of the molecule is CC(C)(C)OC(=O)N1CCN(c2cc(B3OC(C)(C)C(C)(C)O3)ccc2C#N)CC1. The Morgan fingerprint density at radius 1 is 1.10 bits per heavy atom. The van der Waals surface area contributed by atoms with E-state index in [4.69, 9.17) is 14.0 Å². The van der Waals surface area contributed by atoms with Gasteiger partial charge in [-0.15, -0.1) is 0 Å². The summed E-state index contributed by atoms with van der Waals surface area (Å²) in [7, 11) is -0.482. The number of amides is 1. The van der Waals surface area contributed by atoms with Gasteiger partial charge in [0, 0.05) is 26.2 Å². The Morgan fingerprint density at radius 2 is 1.67 bits per heavy atom. The minimum atomic E-state index is -0.515. The second-order valence-corrected chi connectivity index (χ2v) is 9.93. The molecule has 2 saturated heterocycles. The molecule has 2 fully saturated rings. The molecule has 2 aliphatic rings. The summed E-state index contributed by atoms with van der Waals surface area (Å²) in [5.41, 5.74) is 0.960. The molecule has 0 radical (unpaired) electrons. The maximum Gasteiger partial charge on any atom is 0.494 e. The van der Waals surface area contributed by atoms with Crippen LogP contribution in [0.4, 0.5) is 10.5 Å². The molecule has 0 atom stereocenters. The largest absolute Gasteiger partial charge is 0.494 e. The first-order valence-corrected chi connectivity index (χ1v) is 10.5. The standard InChI is InChI=1S/C22H32BN3O4/c1-20(2,3)28-19(27)26-12-10-25(11-13-26)18-14-17(9-8-16(18)15-24)23-29-21(4,5)22(6,7)30-23/h8-9,14H,10-13H2,1-7H3. The highest BCUT2D eigenvalue weighted by Gasteiger charge is 2.51. The first kappa shape index (κ1) is 22.5. The van der Waals surface area contributed by atoms with Crippen LogP contribution in [0.1, 0.15) is 54.0 Å². The summed E-state index contributed by atoms with van der Waals surface area (Å²) >= 11 is 0. The van der Waals surface area contributed by atoms with E-state index in [0.29, 0.717) is 31.7 Å². The number of nitriles is 1. The van der Waals surface area contributed by atoms with Gasteiger partial charge in [-0.2, -0.15) is 5.26 Å². The molecule has 1 amide bonds. The lowest BCUT2D eigenvalue weighted by Gasteiger charge is -2.37. The fraction of sp³-hybridized carbons (Fsp3) is 0.636. The van der Waals surface area contributed by atoms with Gasteiger partial charge >= 0.3 is 13.2 Å². The Labute approximate surface area is 180 Å². The van der Waals surface area contributed by atoms with Gasteiger partial charge in [-0.05, 0) is 66.1 Å². The highest BCUT2D eigenvalue weighted by molar-refractivity contribution is 6.62. The topological polar surface area (TPSA) is 75.0 Å². The average Bonchev–Trinajstić information content (AvgIpc) is 2.87. The van der Waals surface area contributed by atoms with Crippen LogP contribution in [0, 0.1) is 11.3 Å². The summed E-state index contributed by atoms with van der Waals surface area (Å²) in [6.45, 7) is 16.0. The number of hydrogen-bond donors (Lipinski definition) is 0. The van der Waals surface area contributed by atoms with Gasteiger partial charge in [-0.3, -0.25) is 0 Å². The number of anilines is 1. The summed E-state index contributed by atoms with van der Waals surface area (Å²) in [6.07, 6.45) is -0.298. The summed E-state index contributed by atoms with van der Waals surface area (Å²) in [5.74, 6) is 0. The van der Waals surface area contributed by atoms with Gasteiger partial charge in [-0.25, -0.2) is 4.79 Å². The monoisotopic (exact) mass is 413 g/mol. The van der Waals surface area contributed by atoms with Crippen molar-refractivity contribution in [3.63, 3.8) is 0 Å². The third-order valence-electron chi connectivity index (χ3n) is 5.94. The van der Waals surface area contributed by atoms with Crippen molar-refractivity contribution in [2.45, 2.75) is 65.3 Å². The normalized spacial score (nSPS) is 20.8. The molecule has 8 heteroatoms. The number of hydrogen-bond acceptors (Lipinski definition) is 6. The van der Waals surface area contributed by atoms with E-state index in [1.165, 1.54) is 0 Å². The summed E-state index contributed by atoms with van der Waals surface area (Å²) < 4.78 is 17.8. The van der Waals surface area contributed by atoms with E-state index >= 15 is 0 Å². The molecule has 30 heavy (non-hydrogen) atoms. The first-order chi connectivity index (χ1) is 13.8. The molecule has 2 aliphatic heterocycles. The van der Waals surface area contributed by atoms with Gasteiger partial charge in [0.05, 0.1) is 22.5 Å². The molecule has 0 unspecified atom stereocenters. The van der Waals surface area contributed by atoms with E-state index in [0.717, 1.165) is 11.2 Å². The minimum absolute atomic E-state index is 0.298. The Kier molecular flexibility index (Phi) is 5.83. The van der Waals surface area contributed by atoms with Gasteiger partial charge < -0.3 is 23.8 Å². The maximum atomic E-state index is 12.3. The zero-order valence-corrected chi connectivity index (χ0v) is 19.1. The number of carbonyl (C=O) groups excluding carboxylic acids is 1. The van der Waals surface area contributed by atoms with Crippen molar-refractivity contribution >= 4 is 24.4 Å². The zero-order chi connectivity index (χ0) is 22.3. The van der Waals surface area contributed by atoms with E-state index in [1.807, 2.05) is 66.7 Å². The smallest absolute Gasteiger partial charge is 0.444 e. The van der Waals surface area contributed by atoms with Crippen LogP contribution in [0.3, 0.4) is 0 Å². The van der Waals surface area contributed by atoms with Gasteiger partial charge in [0.25, 0.3) is 0 Å². The number of benzene rings is 1. The number of nitrogens with zero attached hydrogens (tertiary/aromatic N) is 3. The van der Waals surface area contributed by atoms with Crippen molar-refractivity contribution in [1.82, 2.24) is 4.90 Å². The van der Waals surface area contributed by atoms with Crippen LogP contribution in [-0.2, 0) is 14.0 Å². The fourth-order valence-corrected chi connectivity index (χ4v) is 3.49. The lowest BCUT2D eigenvalue weighted by molar-refractivity contribution is 0.00578. The molecular formula is C22H32BN3O4. The van der Waals surface area contributed by atoms with Gasteiger partial charge in [0.1, 0.15) is 11.7 Å². The van der Waals surface area contributed by atoms with E-state index in [1.54, 1.807) is 4.90 Å². The molecule has 0 spiro atoms. The van der Waals surface area contributed by atoms with Crippen LogP contribution in [0.2, 0.25) is 0 Å². The van der Waals surface area contributed by atoms with E-state index in [9.17, 15) is 10.1 Å². The van der Waals surface area contributed by atoms with E-state index in [2.05, 4.69) is 11.0 Å². The van der Waals surface area contributed by atoms with Crippen molar-refractivity contribution in [2.24, 2.45) is 0 Å². The molecule has 0 aliphatic carbocycles. The van der Waals surface area contributed by atoms with Crippen molar-refractivity contribution in [3.05, 3.63) is 23.8 Å². The molecule has 1 aromatic carbocycles. The maximum absolute atomic E-state index is 12.3. The summed E-state index contributed by atoms with van der Waals surface area (Å²) in [5, 5.41) is 9.62. The van der Waals surface area contributed by atoms with E-state index < -0.39 is 23.9 Å². The predicted octanol–water partition coefficient (Wildman–Crippen LogP) is 2.91. The third-order valence-corrected chi connectivity index (χ3v) is 5.94. The molecule has 0 N–H and O–H groups in total. The highest BCUT2D eigenvalue weighted by atomic mass is 16.7. The number of carbonyl (C=O) groups is 1. The second-order valence-electron chi connectivity index (χ2n) is 9.93. The molecular weight excluding hydrogens is 381 g/mol. The fourth-order valence-electron chi connectivity index (χ4n) is 3.49. The number of ether oxygens (including phenoxy) is 1. The van der Waals surface area contributed by atoms with Gasteiger partial charge in [0.15, 0.2) is 0 Å². The zero-order valence-electron chi connectivity index (χ0n) is 19.1. The van der Waals surface area contributed by atoms with Crippen molar-refractivity contribution in [2.75, 3.05) is 31.1 Å². The van der Waals surface area contributed by atoms with Crippen LogP contribution in [0.5, 0.6) is 0 Å². The quantitative estimate of drug-likeness (QED) is 0.695. The molecule has 0 saturated carbocycles. The predicted molar refractivity (Wildman–Crippen MR) is 117 cm³/mol. The van der Waals surface area contributed by atoms with Crippen molar-refractivity contribution in [3.8, 4) is 6.07 Å². The van der Waals surface area contributed by atoms with Crippen LogP contribution < -0.4 is 10.4 Å². The average molecular weight is 413 g/mol. The van der Waals surface area contributed by atoms with Crippen molar-refractivity contribution in [1.29, 1.82) is 5.26 Å². The minimum Gasteiger partial charge on any atom is -0.444 e. The summed E-state index contributed by atoms with van der Waals surface area (Å²) in [6, 6.07) is 7.96. The molecule has 162 valence electrons. The number of rotatable bonds is 2. The van der Waals surface area contributed by atoms with Crippen LogP contribution in [0.25, 0.3) is 0 Å². The Bertz CT molecular complexity index is 833. The molecule has 2 heterocycles. The lowest BCUT2D eigenvalue weighted by Crippen LogP contribution is -2.50. The first-order valence-electron chi connectivity index (χ1n) is 10.5. The summed E-state index contributed by atoms with van der Waals surface area (Å²) in [4.78, 5) is 16.2. The van der Waals surface area contributed by atoms with Crippen LogP contribution in [-0.4, -0.2) is 61.1 Å². The lowest BCUT2D eigenvalue weighted by atomic mass is 9.78. The Morgan fingerprint density at radius 3 is 2.17 bits per heavy atom. The van der Waals surface area contributed by atoms with E-state index in [-0.39, 0.29) is 6.09 Å². The van der Waals surface area contributed by atoms with Crippen molar-refractivity contribution < 1.29 is 18.8 Å². The Hall–Kier alpha value is -2.24. The number of piperazine rings is 1. The molecule has 1 aromatic rings. The molecule has 0 aromatic heterocycles. The van der Waals surface area contributed by atoms with Crippen LogP contribution in [0.15, 0.2) is 18.2 Å². The second kappa shape index (κ2) is 7.79.